The second kappa shape index (κ2) is 7.19. The summed E-state index contributed by atoms with van der Waals surface area (Å²) < 4.78 is 12.0. The van der Waals surface area contributed by atoms with E-state index in [1.165, 1.54) is 7.11 Å². The predicted molar refractivity (Wildman–Crippen MR) is 99.4 cm³/mol. The summed E-state index contributed by atoms with van der Waals surface area (Å²) in [5, 5.41) is 0. The Bertz CT molecular complexity index is 855. The van der Waals surface area contributed by atoms with E-state index < -0.39 is 17.7 Å². The first-order valence-corrected chi connectivity index (χ1v) is 9.00. The predicted octanol–water partition coefficient (Wildman–Crippen LogP) is 2.52. The van der Waals surface area contributed by atoms with E-state index >= 15 is 0 Å². The number of fused-ring (bicyclic) bond motifs is 1. The van der Waals surface area contributed by atoms with Gasteiger partial charge < -0.3 is 19.6 Å². The van der Waals surface area contributed by atoms with E-state index in [0.717, 1.165) is 12.1 Å². The van der Waals surface area contributed by atoms with Crippen molar-refractivity contribution >= 4 is 17.7 Å². The molecule has 3 rings (SSSR count). The van der Waals surface area contributed by atoms with Gasteiger partial charge in [0.2, 0.25) is 0 Å². The fourth-order valence-electron chi connectivity index (χ4n) is 3.26. The highest BCUT2D eigenvalue weighted by atomic mass is 16.6. The number of pyridine rings is 1. The van der Waals surface area contributed by atoms with Gasteiger partial charge in [-0.3, -0.25) is 4.90 Å². The van der Waals surface area contributed by atoms with Crippen molar-refractivity contribution in [2.75, 3.05) is 13.7 Å². The number of hydrogen-bond donors (Lipinski definition) is 1. The maximum atomic E-state index is 12.3. The summed E-state index contributed by atoms with van der Waals surface area (Å²) in [4.78, 5) is 30.2. The van der Waals surface area contributed by atoms with E-state index in [9.17, 15) is 9.59 Å². The SMILES string of the molecule is COC(=O)c1ccn2cc(C3CCN(C(=O)OC(C)(C)C)C(N)C3)nc2c1. The minimum atomic E-state index is -0.549. The highest BCUT2D eigenvalue weighted by Crippen LogP contribution is 2.30. The molecule has 1 fully saturated rings. The first kappa shape index (κ1) is 19.2. The number of carbonyl (C=O) groups is 2. The van der Waals surface area contributed by atoms with Gasteiger partial charge in [0.25, 0.3) is 0 Å². The molecular weight excluding hydrogens is 348 g/mol. The number of imidazole rings is 1. The normalized spacial score (nSPS) is 20.6. The molecule has 0 aliphatic carbocycles. The van der Waals surface area contributed by atoms with Crippen LogP contribution in [0.15, 0.2) is 24.5 Å². The second-order valence-electron chi connectivity index (χ2n) is 7.80. The quantitative estimate of drug-likeness (QED) is 0.811. The summed E-state index contributed by atoms with van der Waals surface area (Å²) in [7, 11) is 1.35. The monoisotopic (exact) mass is 374 g/mol. The molecular formula is C19H26N4O4. The van der Waals surface area contributed by atoms with Crippen LogP contribution in [0.2, 0.25) is 0 Å². The van der Waals surface area contributed by atoms with Crippen molar-refractivity contribution in [3.8, 4) is 0 Å². The van der Waals surface area contributed by atoms with Crippen LogP contribution in [0.25, 0.3) is 5.65 Å². The maximum absolute atomic E-state index is 12.3. The molecule has 2 atom stereocenters. The van der Waals surface area contributed by atoms with Crippen molar-refractivity contribution in [2.45, 2.75) is 51.3 Å². The van der Waals surface area contributed by atoms with E-state index in [1.54, 1.807) is 23.2 Å². The van der Waals surface area contributed by atoms with Crippen LogP contribution in [0.1, 0.15) is 55.6 Å². The number of hydrogen-bond acceptors (Lipinski definition) is 6. The van der Waals surface area contributed by atoms with Gasteiger partial charge in [-0.05, 0) is 45.7 Å². The number of nitrogens with zero attached hydrogens (tertiary/aromatic N) is 3. The van der Waals surface area contributed by atoms with Crippen LogP contribution in [0.3, 0.4) is 0 Å². The number of piperidine rings is 1. The molecule has 27 heavy (non-hydrogen) atoms. The van der Waals surface area contributed by atoms with Gasteiger partial charge in [-0.15, -0.1) is 0 Å². The molecule has 2 N–H and O–H groups in total. The third-order valence-electron chi connectivity index (χ3n) is 4.59. The zero-order valence-corrected chi connectivity index (χ0v) is 16.1. The number of carbonyl (C=O) groups excluding carboxylic acids is 2. The van der Waals surface area contributed by atoms with Crippen molar-refractivity contribution in [3.05, 3.63) is 35.8 Å². The van der Waals surface area contributed by atoms with Gasteiger partial charge in [0.1, 0.15) is 11.2 Å². The summed E-state index contributed by atoms with van der Waals surface area (Å²) in [5.74, 6) is -0.255. The topological polar surface area (TPSA) is 99.2 Å². The van der Waals surface area contributed by atoms with Gasteiger partial charge in [-0.25, -0.2) is 14.6 Å². The molecule has 1 amide bonds. The molecule has 0 spiro atoms. The highest BCUT2D eigenvalue weighted by molar-refractivity contribution is 5.90. The number of methoxy groups -OCH3 is 1. The van der Waals surface area contributed by atoms with Crippen molar-refractivity contribution in [1.29, 1.82) is 0 Å². The fourth-order valence-corrected chi connectivity index (χ4v) is 3.26. The van der Waals surface area contributed by atoms with Crippen LogP contribution in [0.4, 0.5) is 4.79 Å². The lowest BCUT2D eigenvalue weighted by atomic mass is 9.92. The molecule has 0 saturated carbocycles. The fraction of sp³-hybridized carbons (Fsp3) is 0.526. The number of aromatic nitrogens is 2. The molecule has 146 valence electrons. The molecule has 0 bridgehead atoms. The van der Waals surface area contributed by atoms with Gasteiger partial charge in [0.05, 0.1) is 24.5 Å². The first-order valence-electron chi connectivity index (χ1n) is 9.00. The number of amides is 1. The lowest BCUT2D eigenvalue weighted by Crippen LogP contribution is -2.51. The number of esters is 1. The Morgan fingerprint density at radius 2 is 2.07 bits per heavy atom. The number of ether oxygens (including phenoxy) is 2. The second-order valence-corrected chi connectivity index (χ2v) is 7.80. The Kier molecular flexibility index (Phi) is 5.10. The van der Waals surface area contributed by atoms with E-state index in [1.807, 2.05) is 31.4 Å². The average molecular weight is 374 g/mol. The van der Waals surface area contributed by atoms with E-state index in [2.05, 4.69) is 4.98 Å². The molecule has 8 nitrogen and oxygen atoms in total. The molecule has 0 radical (unpaired) electrons. The Balaban J connectivity index is 1.73. The van der Waals surface area contributed by atoms with Crippen LogP contribution in [-0.4, -0.2) is 51.8 Å². The van der Waals surface area contributed by atoms with Crippen LogP contribution in [-0.2, 0) is 9.47 Å². The zero-order valence-electron chi connectivity index (χ0n) is 16.1. The van der Waals surface area contributed by atoms with Crippen LogP contribution < -0.4 is 5.73 Å². The zero-order chi connectivity index (χ0) is 19.8. The lowest BCUT2D eigenvalue weighted by Gasteiger charge is -2.37. The van der Waals surface area contributed by atoms with Crippen LogP contribution in [0, 0.1) is 0 Å². The Morgan fingerprint density at radius 3 is 2.70 bits per heavy atom. The van der Waals surface area contributed by atoms with Crippen molar-refractivity contribution in [3.63, 3.8) is 0 Å². The van der Waals surface area contributed by atoms with Gasteiger partial charge in [-0.2, -0.15) is 0 Å². The summed E-state index contributed by atoms with van der Waals surface area (Å²) in [6, 6.07) is 3.40. The maximum Gasteiger partial charge on any atom is 0.411 e. The van der Waals surface area contributed by atoms with Gasteiger partial charge in [0, 0.05) is 24.9 Å². The largest absolute Gasteiger partial charge is 0.465 e. The van der Waals surface area contributed by atoms with E-state index in [-0.39, 0.29) is 12.0 Å². The Labute approximate surface area is 158 Å². The Hall–Kier alpha value is -2.61. The molecule has 1 aliphatic heterocycles. The molecule has 0 aromatic carbocycles. The summed E-state index contributed by atoms with van der Waals surface area (Å²) in [5.41, 5.74) is 7.72. The molecule has 8 heteroatoms. The molecule has 3 heterocycles. The third kappa shape index (κ3) is 4.21. The number of rotatable bonds is 2. The van der Waals surface area contributed by atoms with Gasteiger partial charge in [-0.1, -0.05) is 0 Å². The minimum absolute atomic E-state index is 0.139. The first-order chi connectivity index (χ1) is 12.7. The lowest BCUT2D eigenvalue weighted by molar-refractivity contribution is 0.00875. The highest BCUT2D eigenvalue weighted by Gasteiger charge is 2.33. The van der Waals surface area contributed by atoms with Gasteiger partial charge >= 0.3 is 12.1 Å². The van der Waals surface area contributed by atoms with Crippen molar-refractivity contribution in [2.24, 2.45) is 5.73 Å². The molecule has 2 unspecified atom stereocenters. The van der Waals surface area contributed by atoms with Crippen LogP contribution in [0.5, 0.6) is 0 Å². The van der Waals surface area contributed by atoms with Crippen LogP contribution >= 0.6 is 0 Å². The number of likely N-dealkylation sites (tertiary alicyclic amines) is 1. The van der Waals surface area contributed by atoms with E-state index in [0.29, 0.717) is 24.2 Å². The summed E-state index contributed by atoms with van der Waals surface area (Å²) in [6.45, 7) is 6.02. The molecule has 2 aromatic rings. The third-order valence-corrected chi connectivity index (χ3v) is 4.59. The minimum Gasteiger partial charge on any atom is -0.465 e. The summed E-state index contributed by atoms with van der Waals surface area (Å²) in [6.07, 6.45) is 4.28. The van der Waals surface area contributed by atoms with Gasteiger partial charge in [0.15, 0.2) is 0 Å². The Morgan fingerprint density at radius 1 is 1.33 bits per heavy atom. The smallest absolute Gasteiger partial charge is 0.411 e. The molecule has 1 aliphatic rings. The standard InChI is InChI=1S/C19H26N4O4/c1-19(2,3)27-18(25)23-8-6-12(9-15(23)20)14-11-22-7-5-13(17(24)26-4)10-16(22)21-14/h5,7,10-12,15H,6,8-9,20H2,1-4H3. The summed E-state index contributed by atoms with van der Waals surface area (Å²) >= 11 is 0. The number of nitrogens with two attached hydrogens (primary N) is 1. The molecule has 2 aromatic heterocycles. The average Bonchev–Trinajstić information content (AvgIpc) is 3.02. The molecule has 1 saturated heterocycles. The van der Waals surface area contributed by atoms with Crippen molar-refractivity contribution < 1.29 is 19.1 Å². The van der Waals surface area contributed by atoms with Crippen molar-refractivity contribution in [1.82, 2.24) is 14.3 Å². The van der Waals surface area contributed by atoms with E-state index in [4.69, 9.17) is 15.2 Å².